The molecule has 0 aromatic heterocycles. The van der Waals surface area contributed by atoms with E-state index in [0.29, 0.717) is 0 Å². The van der Waals surface area contributed by atoms with E-state index in [1.54, 1.807) is 12.1 Å². The first-order chi connectivity index (χ1) is 11.8. The molecular weight excluding hydrogens is 400 g/mol. The first kappa shape index (κ1) is 23.7. The zero-order valence-electron chi connectivity index (χ0n) is 14.0. The van der Waals surface area contributed by atoms with E-state index in [1.807, 2.05) is 0 Å². The van der Waals surface area contributed by atoms with Crippen LogP contribution in [-0.4, -0.2) is 45.8 Å². The first-order valence-electron chi connectivity index (χ1n) is 6.95. The lowest BCUT2D eigenvalue weighted by molar-refractivity contribution is 0.163. The highest BCUT2D eigenvalue weighted by Gasteiger charge is 2.12. The van der Waals surface area contributed by atoms with Gasteiger partial charge in [0.25, 0.3) is 0 Å². The van der Waals surface area contributed by atoms with Gasteiger partial charge in [0.15, 0.2) is 0 Å². The fraction of sp³-hybridized carbons (Fsp3) is 0.200. The summed E-state index contributed by atoms with van der Waals surface area (Å²) in [5, 5.41) is 17.1. The third kappa shape index (κ3) is 11.8. The van der Waals surface area contributed by atoms with Gasteiger partial charge in [-0.05, 0) is 35.8 Å². The largest absolute Gasteiger partial charge is 0.638 e. The third-order valence-corrected chi connectivity index (χ3v) is 3.00. The molecule has 0 saturated carbocycles. The molecule has 2 rings (SSSR count). The molecule has 0 aliphatic carbocycles. The van der Waals surface area contributed by atoms with Gasteiger partial charge >= 0.3 is 14.4 Å². The lowest BCUT2D eigenvalue weighted by Crippen LogP contribution is -2.29. The fourth-order valence-electron chi connectivity index (χ4n) is 1.42. The Hall–Kier alpha value is -1.29. The van der Waals surface area contributed by atoms with Gasteiger partial charge in [-0.1, -0.05) is 34.1 Å². The van der Waals surface area contributed by atoms with Crippen molar-refractivity contribution < 1.29 is 32.8 Å². The van der Waals surface area contributed by atoms with Crippen molar-refractivity contribution in [1.82, 2.24) is 0 Å². The highest BCUT2D eigenvalue weighted by molar-refractivity contribution is 9.10. The van der Waals surface area contributed by atoms with Crippen LogP contribution in [0.3, 0.4) is 0 Å². The maximum absolute atomic E-state index is 12.3. The minimum atomic E-state index is -1.59. The molecule has 5 nitrogen and oxygen atoms in total. The second-order valence-corrected chi connectivity index (χ2v) is 5.28. The molecular formula is C15H19B2BrF2O5. The second kappa shape index (κ2) is 13.9. The van der Waals surface area contributed by atoms with Crippen LogP contribution in [0.4, 0.5) is 8.78 Å². The summed E-state index contributed by atoms with van der Waals surface area (Å²) >= 11 is 3.12. The van der Waals surface area contributed by atoms with E-state index >= 15 is 0 Å². The Morgan fingerprint density at radius 2 is 1.32 bits per heavy atom. The Balaban J connectivity index is 0.000000353. The Bertz CT molecular complexity index is 581. The number of benzene rings is 2. The summed E-state index contributed by atoms with van der Waals surface area (Å²) < 4.78 is 39.0. The highest BCUT2D eigenvalue weighted by atomic mass is 79.9. The fourth-order valence-corrected chi connectivity index (χ4v) is 1.79. The van der Waals surface area contributed by atoms with Crippen molar-refractivity contribution in [3.8, 4) is 0 Å². The van der Waals surface area contributed by atoms with Crippen LogP contribution in [0.1, 0.15) is 0 Å². The van der Waals surface area contributed by atoms with E-state index in [0.717, 1.165) is 10.5 Å². The maximum Gasteiger partial charge on any atom is 0.638 e. The molecule has 0 atom stereocenters. The van der Waals surface area contributed by atoms with Crippen LogP contribution < -0.4 is 5.46 Å². The molecule has 0 radical (unpaired) electrons. The van der Waals surface area contributed by atoms with Crippen LogP contribution in [0.2, 0.25) is 0 Å². The highest BCUT2D eigenvalue weighted by Crippen LogP contribution is 2.09. The van der Waals surface area contributed by atoms with Crippen LogP contribution in [0.15, 0.2) is 53.0 Å². The van der Waals surface area contributed by atoms with Gasteiger partial charge in [0, 0.05) is 25.8 Å². The SMILES string of the molecule is COB(OC)OC.Fc1cccc(Br)c1.OB(O)c1cccc(F)c1. The van der Waals surface area contributed by atoms with Gasteiger partial charge in [0.2, 0.25) is 0 Å². The molecule has 0 spiro atoms. The molecule has 0 amide bonds. The van der Waals surface area contributed by atoms with Crippen LogP contribution in [0.25, 0.3) is 0 Å². The molecule has 2 aromatic carbocycles. The summed E-state index contributed by atoms with van der Waals surface area (Å²) in [6, 6.07) is 11.4. The monoisotopic (exact) mass is 418 g/mol. The number of hydrogen-bond acceptors (Lipinski definition) is 5. The van der Waals surface area contributed by atoms with E-state index in [1.165, 1.54) is 51.7 Å². The minimum absolute atomic E-state index is 0.167. The van der Waals surface area contributed by atoms with Crippen LogP contribution in [-0.2, 0) is 14.0 Å². The number of halogens is 3. The maximum atomic E-state index is 12.3. The normalized spacial score (nSPS) is 9.28. The predicted molar refractivity (Wildman–Crippen MR) is 97.1 cm³/mol. The Morgan fingerprint density at radius 1 is 0.840 bits per heavy atom. The van der Waals surface area contributed by atoms with Crippen LogP contribution >= 0.6 is 15.9 Å². The second-order valence-electron chi connectivity index (χ2n) is 4.36. The molecule has 2 N–H and O–H groups in total. The van der Waals surface area contributed by atoms with Crippen LogP contribution in [0.5, 0.6) is 0 Å². The number of rotatable bonds is 4. The van der Waals surface area contributed by atoms with Gasteiger partial charge in [-0.3, -0.25) is 0 Å². The number of hydrogen-bond donors (Lipinski definition) is 2. The van der Waals surface area contributed by atoms with Gasteiger partial charge in [0.05, 0.1) is 0 Å². The first-order valence-corrected chi connectivity index (χ1v) is 7.74. The van der Waals surface area contributed by atoms with Crippen molar-refractivity contribution >= 4 is 35.8 Å². The van der Waals surface area contributed by atoms with E-state index in [-0.39, 0.29) is 11.3 Å². The summed E-state index contributed by atoms with van der Waals surface area (Å²) in [6.45, 7) is 0. The van der Waals surface area contributed by atoms with Gasteiger partial charge < -0.3 is 24.0 Å². The van der Waals surface area contributed by atoms with Gasteiger partial charge in [-0.25, -0.2) is 8.78 Å². The molecule has 0 aliphatic rings. The van der Waals surface area contributed by atoms with E-state index in [9.17, 15) is 8.78 Å². The summed E-state index contributed by atoms with van der Waals surface area (Å²) in [5.74, 6) is -0.676. The van der Waals surface area contributed by atoms with Crippen molar-refractivity contribution in [1.29, 1.82) is 0 Å². The lowest BCUT2D eigenvalue weighted by atomic mass is 9.80. The minimum Gasteiger partial charge on any atom is -0.423 e. The Labute approximate surface area is 155 Å². The van der Waals surface area contributed by atoms with Gasteiger partial charge in [-0.2, -0.15) is 0 Å². The lowest BCUT2D eigenvalue weighted by Gasteiger charge is -2.01. The molecule has 10 heteroatoms. The Kier molecular flexibility index (Phi) is 13.2. The van der Waals surface area contributed by atoms with Crippen molar-refractivity contribution in [2.24, 2.45) is 0 Å². The molecule has 0 aliphatic heterocycles. The summed E-state index contributed by atoms with van der Waals surface area (Å²) in [5.41, 5.74) is 0.167. The molecule has 2 aromatic rings. The van der Waals surface area contributed by atoms with Crippen molar-refractivity contribution in [2.45, 2.75) is 0 Å². The summed E-state index contributed by atoms with van der Waals surface area (Å²) in [6.07, 6.45) is 0. The molecule has 0 unspecified atom stereocenters. The zero-order valence-corrected chi connectivity index (χ0v) is 15.6. The molecule has 136 valence electrons. The van der Waals surface area contributed by atoms with E-state index in [2.05, 4.69) is 29.9 Å². The van der Waals surface area contributed by atoms with Crippen LogP contribution in [0, 0.1) is 11.6 Å². The van der Waals surface area contributed by atoms with Crippen molar-refractivity contribution in [3.05, 3.63) is 64.6 Å². The summed E-state index contributed by atoms with van der Waals surface area (Å²) in [7, 11) is 2.43. The van der Waals surface area contributed by atoms with Gasteiger partial charge in [0.1, 0.15) is 11.6 Å². The topological polar surface area (TPSA) is 68.2 Å². The summed E-state index contributed by atoms with van der Waals surface area (Å²) in [4.78, 5) is 0. The average Bonchev–Trinajstić information content (AvgIpc) is 2.57. The molecule has 0 fully saturated rings. The quantitative estimate of drug-likeness (QED) is 0.743. The van der Waals surface area contributed by atoms with Crippen molar-refractivity contribution in [2.75, 3.05) is 21.3 Å². The van der Waals surface area contributed by atoms with Gasteiger partial charge in [-0.15, -0.1) is 0 Å². The average molecular weight is 419 g/mol. The molecule has 0 heterocycles. The molecule has 0 bridgehead atoms. The molecule has 25 heavy (non-hydrogen) atoms. The zero-order chi connectivity index (χ0) is 19.2. The van der Waals surface area contributed by atoms with E-state index in [4.69, 9.17) is 10.0 Å². The Morgan fingerprint density at radius 3 is 1.56 bits per heavy atom. The third-order valence-electron chi connectivity index (χ3n) is 2.51. The standard InChI is InChI=1S/C6H6BFO2.C6H4BrF.C3H9BO3/c8-6-3-1-2-5(4-6)7(9)10;7-5-2-1-3-6(8)4-5;1-5-4(6-2)7-3/h1-4,9-10H;1-4H;1-3H3. The van der Waals surface area contributed by atoms with E-state index < -0.39 is 20.3 Å². The smallest absolute Gasteiger partial charge is 0.423 e. The molecule has 0 saturated heterocycles. The predicted octanol–water partition coefficient (Wildman–Crippen LogP) is 2.00. The van der Waals surface area contributed by atoms with Crippen molar-refractivity contribution in [3.63, 3.8) is 0 Å².